The molecule has 15 heteroatoms. The van der Waals surface area contributed by atoms with Crippen LogP contribution in [0.4, 0.5) is 24.7 Å². The maximum absolute atomic E-state index is 13.7. The van der Waals surface area contributed by atoms with Gasteiger partial charge in [-0.05, 0) is 50.6 Å². The van der Waals surface area contributed by atoms with E-state index in [0.717, 1.165) is 23.8 Å². The quantitative estimate of drug-likeness (QED) is 0.248. The van der Waals surface area contributed by atoms with Crippen molar-refractivity contribution in [2.24, 2.45) is 0 Å². The largest absolute Gasteiger partial charge is 0.435 e. The van der Waals surface area contributed by atoms with E-state index >= 15 is 0 Å². The summed E-state index contributed by atoms with van der Waals surface area (Å²) in [7, 11) is 0. The van der Waals surface area contributed by atoms with E-state index in [9.17, 15) is 22.8 Å². The smallest absolute Gasteiger partial charge is 0.350 e. The Balaban J connectivity index is 1.34. The van der Waals surface area contributed by atoms with Gasteiger partial charge in [-0.2, -0.15) is 23.5 Å². The normalized spacial score (nSPS) is 15.8. The topological polar surface area (TPSA) is 154 Å². The number of aryl methyl sites for hydroxylation is 1. The summed E-state index contributed by atoms with van der Waals surface area (Å²) in [5, 5.41) is 24.4. The Morgan fingerprint density at radius 3 is 2.79 bits per heavy atom. The van der Waals surface area contributed by atoms with Crippen molar-refractivity contribution >= 4 is 29.0 Å². The van der Waals surface area contributed by atoms with Crippen molar-refractivity contribution in [1.82, 2.24) is 40.1 Å². The summed E-state index contributed by atoms with van der Waals surface area (Å²) >= 11 is 0. The van der Waals surface area contributed by atoms with Gasteiger partial charge in [0.15, 0.2) is 17.2 Å². The van der Waals surface area contributed by atoms with Gasteiger partial charge in [0, 0.05) is 42.4 Å². The van der Waals surface area contributed by atoms with Gasteiger partial charge in [-0.25, -0.2) is 9.97 Å². The van der Waals surface area contributed by atoms with Gasteiger partial charge in [-0.1, -0.05) is 0 Å². The SMILES string of the molecule is Cc1cc(Nc2nccn3c(-c4cn(CC#N)nc4C(F)(F)F)cnc23)ccc1C(=O)N[C@H](C)C(=O)N[C@H]1CCNC1. The van der Waals surface area contributed by atoms with Crippen LogP contribution in [0.2, 0.25) is 0 Å². The Kier molecular flexibility index (Phi) is 7.81. The summed E-state index contributed by atoms with van der Waals surface area (Å²) in [4.78, 5) is 33.9. The van der Waals surface area contributed by atoms with Crippen LogP contribution in [0.25, 0.3) is 16.9 Å². The average molecular weight is 581 g/mol. The number of fused-ring (bicyclic) bond motifs is 1. The summed E-state index contributed by atoms with van der Waals surface area (Å²) in [6, 6.07) is 6.07. The van der Waals surface area contributed by atoms with Gasteiger partial charge < -0.3 is 21.3 Å². The molecular weight excluding hydrogens is 553 g/mol. The number of halogens is 3. The van der Waals surface area contributed by atoms with Crippen LogP contribution in [-0.2, 0) is 17.5 Å². The lowest BCUT2D eigenvalue weighted by atomic mass is 10.1. The van der Waals surface area contributed by atoms with Gasteiger partial charge in [-0.15, -0.1) is 0 Å². The van der Waals surface area contributed by atoms with E-state index in [1.807, 2.05) is 0 Å². The van der Waals surface area contributed by atoms with E-state index in [1.165, 1.54) is 23.0 Å². The minimum atomic E-state index is -4.74. The Labute approximate surface area is 237 Å². The fourth-order valence-corrected chi connectivity index (χ4v) is 4.76. The molecule has 0 radical (unpaired) electrons. The molecule has 5 rings (SSSR count). The van der Waals surface area contributed by atoms with Crippen molar-refractivity contribution in [3.05, 3.63) is 59.8 Å². The molecule has 4 aromatic rings. The van der Waals surface area contributed by atoms with E-state index in [4.69, 9.17) is 5.26 Å². The predicted octanol–water partition coefficient (Wildman–Crippen LogP) is 2.78. The number of nitrogens with zero attached hydrogens (tertiary/aromatic N) is 6. The molecule has 1 saturated heterocycles. The lowest BCUT2D eigenvalue weighted by Crippen LogP contribution is -2.48. The zero-order valence-corrected chi connectivity index (χ0v) is 22.7. The Morgan fingerprint density at radius 1 is 1.29 bits per heavy atom. The zero-order chi connectivity index (χ0) is 30.0. The molecule has 1 aliphatic heterocycles. The van der Waals surface area contributed by atoms with Crippen molar-refractivity contribution in [2.75, 3.05) is 18.4 Å². The molecule has 218 valence electrons. The molecule has 1 fully saturated rings. The van der Waals surface area contributed by atoms with Gasteiger partial charge in [0.1, 0.15) is 12.6 Å². The highest BCUT2D eigenvalue weighted by atomic mass is 19.4. The molecule has 0 aliphatic carbocycles. The van der Waals surface area contributed by atoms with Crippen molar-refractivity contribution in [3.63, 3.8) is 0 Å². The number of carbonyl (C=O) groups excluding carboxylic acids is 2. The third kappa shape index (κ3) is 5.88. The van der Waals surface area contributed by atoms with E-state index in [0.29, 0.717) is 23.4 Å². The van der Waals surface area contributed by atoms with Crippen LogP contribution in [0.3, 0.4) is 0 Å². The Morgan fingerprint density at radius 2 is 2.10 bits per heavy atom. The lowest BCUT2D eigenvalue weighted by molar-refractivity contribution is -0.141. The highest BCUT2D eigenvalue weighted by Gasteiger charge is 2.38. The van der Waals surface area contributed by atoms with Crippen LogP contribution in [0, 0.1) is 18.3 Å². The molecule has 42 heavy (non-hydrogen) atoms. The number of carbonyl (C=O) groups is 2. The van der Waals surface area contributed by atoms with Crippen molar-refractivity contribution in [3.8, 4) is 17.3 Å². The molecule has 3 aromatic heterocycles. The number of hydrogen-bond acceptors (Lipinski definition) is 8. The van der Waals surface area contributed by atoms with Crippen molar-refractivity contribution in [1.29, 1.82) is 5.26 Å². The van der Waals surface area contributed by atoms with Crippen LogP contribution >= 0.6 is 0 Å². The maximum atomic E-state index is 13.7. The van der Waals surface area contributed by atoms with Gasteiger partial charge >= 0.3 is 6.18 Å². The molecule has 2 amide bonds. The van der Waals surface area contributed by atoms with Crippen LogP contribution in [0.1, 0.15) is 35.0 Å². The number of nitrogens with one attached hydrogen (secondary N) is 4. The highest BCUT2D eigenvalue weighted by Crippen LogP contribution is 2.37. The fraction of sp³-hybridized carbons (Fsp3) is 0.333. The first-order valence-electron chi connectivity index (χ1n) is 13.1. The monoisotopic (exact) mass is 580 g/mol. The molecule has 0 unspecified atom stereocenters. The number of imidazole rings is 1. The standard InChI is InChI=1S/C27H27F3N10O2/c1-15-11-17(3-4-19(15)26(42)35-16(2)25(41)37-18-5-7-32-12-18)36-23-24-34-13-21(40(24)10-8-33-23)20-14-39(9-6-31)38-22(20)27(28,29)30/h3-4,8,10-11,13-14,16,18,32H,5,7,9,12H2,1-2H3,(H,33,36)(H,35,42)(H,37,41)/t16-,18+/m1/s1. The summed E-state index contributed by atoms with van der Waals surface area (Å²) in [5.41, 5.74) is 0.593. The molecule has 4 heterocycles. The fourth-order valence-electron chi connectivity index (χ4n) is 4.76. The molecule has 1 aromatic carbocycles. The average Bonchev–Trinajstić information content (AvgIpc) is 3.69. The molecule has 0 spiro atoms. The van der Waals surface area contributed by atoms with Gasteiger partial charge in [0.2, 0.25) is 5.91 Å². The molecule has 0 bridgehead atoms. The number of anilines is 2. The van der Waals surface area contributed by atoms with Crippen LogP contribution in [0.15, 0.2) is 43.0 Å². The summed E-state index contributed by atoms with van der Waals surface area (Å²) in [5.74, 6) is -0.391. The zero-order valence-electron chi connectivity index (χ0n) is 22.7. The Hall–Kier alpha value is -4.97. The minimum absolute atomic E-state index is 0.0427. The van der Waals surface area contributed by atoms with Crippen molar-refractivity contribution in [2.45, 2.75) is 45.1 Å². The van der Waals surface area contributed by atoms with Crippen LogP contribution < -0.4 is 21.3 Å². The second-order valence-electron chi connectivity index (χ2n) is 9.91. The number of benzene rings is 1. The molecule has 12 nitrogen and oxygen atoms in total. The first-order chi connectivity index (χ1) is 20.0. The minimum Gasteiger partial charge on any atom is -0.350 e. The number of nitriles is 1. The second-order valence-corrected chi connectivity index (χ2v) is 9.91. The summed E-state index contributed by atoms with van der Waals surface area (Å²) in [6.07, 6.45) is 1.43. The van der Waals surface area contributed by atoms with Gasteiger partial charge in [0.25, 0.3) is 5.91 Å². The molecular formula is C27H27F3N10O2. The molecule has 2 atom stereocenters. The highest BCUT2D eigenvalue weighted by molar-refractivity contribution is 5.99. The van der Waals surface area contributed by atoms with Crippen molar-refractivity contribution < 1.29 is 22.8 Å². The van der Waals surface area contributed by atoms with E-state index in [1.54, 1.807) is 38.1 Å². The number of amides is 2. The Bertz CT molecular complexity index is 1680. The van der Waals surface area contributed by atoms with E-state index < -0.39 is 23.8 Å². The number of rotatable bonds is 8. The molecule has 1 aliphatic rings. The van der Waals surface area contributed by atoms with Gasteiger partial charge in [0.05, 0.1) is 23.5 Å². The molecule has 4 N–H and O–H groups in total. The van der Waals surface area contributed by atoms with Gasteiger partial charge in [-0.3, -0.25) is 18.7 Å². The third-order valence-corrected chi connectivity index (χ3v) is 6.85. The second kappa shape index (κ2) is 11.5. The number of aromatic nitrogens is 5. The third-order valence-electron chi connectivity index (χ3n) is 6.85. The number of alkyl halides is 3. The van der Waals surface area contributed by atoms with E-state index in [2.05, 4.69) is 36.3 Å². The first kappa shape index (κ1) is 28.6. The summed E-state index contributed by atoms with van der Waals surface area (Å²) < 4.78 is 43.5. The lowest BCUT2D eigenvalue weighted by Gasteiger charge is -2.18. The molecule has 0 saturated carbocycles. The number of hydrogen-bond donors (Lipinski definition) is 4. The first-order valence-corrected chi connectivity index (χ1v) is 13.1. The maximum Gasteiger partial charge on any atom is 0.435 e. The van der Waals surface area contributed by atoms with Crippen LogP contribution in [0.5, 0.6) is 0 Å². The predicted molar refractivity (Wildman–Crippen MR) is 146 cm³/mol. The van der Waals surface area contributed by atoms with Crippen LogP contribution in [-0.4, -0.2) is 61.1 Å². The van der Waals surface area contributed by atoms with E-state index in [-0.39, 0.29) is 41.2 Å². The summed E-state index contributed by atoms with van der Waals surface area (Å²) in [6.45, 7) is 4.56.